The Morgan fingerprint density at radius 1 is 1.43 bits per heavy atom. The second-order valence-corrected chi connectivity index (χ2v) is 6.77. The number of ether oxygens (including phenoxy) is 1. The van der Waals surface area contributed by atoms with Crippen LogP contribution in [0, 0.1) is 11.3 Å². The van der Waals surface area contributed by atoms with E-state index in [1.165, 1.54) is 0 Å². The number of nitrogens with zero attached hydrogens (tertiary/aromatic N) is 3. The van der Waals surface area contributed by atoms with Crippen molar-refractivity contribution in [2.45, 2.75) is 51.7 Å². The van der Waals surface area contributed by atoms with E-state index in [9.17, 15) is 4.79 Å². The molecule has 6 nitrogen and oxygen atoms in total. The summed E-state index contributed by atoms with van der Waals surface area (Å²) in [5, 5.41) is 11.6. The lowest BCUT2D eigenvalue weighted by Crippen LogP contribution is -2.46. The van der Waals surface area contributed by atoms with Crippen LogP contribution in [0.2, 0.25) is 0 Å². The molecule has 124 valence electrons. The van der Waals surface area contributed by atoms with Crippen molar-refractivity contribution in [3.63, 3.8) is 0 Å². The molecule has 0 saturated carbocycles. The zero-order valence-corrected chi connectivity index (χ0v) is 14.0. The first-order valence-electron chi connectivity index (χ1n) is 7.94. The molecule has 1 aliphatic rings. The maximum absolute atomic E-state index is 11.8. The fraction of sp³-hybridized carbons (Fsp3) is 0.588. The molecular formula is C17H24N4O2. The van der Waals surface area contributed by atoms with Crippen LogP contribution in [0.4, 0.5) is 10.6 Å². The van der Waals surface area contributed by atoms with Gasteiger partial charge in [0.2, 0.25) is 0 Å². The minimum atomic E-state index is -0.472. The molecule has 1 saturated heterocycles. The Kier molecular flexibility index (Phi) is 5.43. The molecule has 0 atom stereocenters. The van der Waals surface area contributed by atoms with Gasteiger partial charge >= 0.3 is 6.09 Å². The van der Waals surface area contributed by atoms with Gasteiger partial charge in [-0.05, 0) is 45.2 Å². The summed E-state index contributed by atoms with van der Waals surface area (Å²) >= 11 is 0. The third-order valence-corrected chi connectivity index (χ3v) is 3.63. The topological polar surface area (TPSA) is 78.2 Å². The van der Waals surface area contributed by atoms with Gasteiger partial charge in [-0.3, -0.25) is 0 Å². The number of hydrogen-bond donors (Lipinski definition) is 1. The highest BCUT2D eigenvalue weighted by Crippen LogP contribution is 2.18. The predicted molar refractivity (Wildman–Crippen MR) is 88.2 cm³/mol. The molecule has 0 unspecified atom stereocenters. The van der Waals surface area contributed by atoms with Gasteiger partial charge in [0.05, 0.1) is 12.5 Å². The molecule has 1 aromatic rings. The van der Waals surface area contributed by atoms with Gasteiger partial charge in [-0.1, -0.05) is 6.07 Å². The van der Waals surface area contributed by atoms with E-state index in [4.69, 9.17) is 10.00 Å². The highest BCUT2D eigenvalue weighted by atomic mass is 16.6. The first-order chi connectivity index (χ1) is 10.9. The van der Waals surface area contributed by atoms with Crippen LogP contribution in [0.25, 0.3) is 0 Å². The van der Waals surface area contributed by atoms with E-state index in [2.05, 4.69) is 21.3 Å². The Hall–Kier alpha value is -2.29. The standard InChI is InChI=1S/C17H24N4O2/c1-17(2,3)23-16(22)20-14-7-10-21(11-8-14)15-5-4-13(6-9-18)12-19-15/h4-5,12,14H,6-8,10-11H2,1-3H3,(H,20,22). The van der Waals surface area contributed by atoms with Crippen molar-refractivity contribution in [2.24, 2.45) is 0 Å². The number of hydrogen-bond acceptors (Lipinski definition) is 5. The minimum Gasteiger partial charge on any atom is -0.444 e. The van der Waals surface area contributed by atoms with Crippen LogP contribution in [-0.2, 0) is 11.2 Å². The highest BCUT2D eigenvalue weighted by molar-refractivity contribution is 5.68. The number of rotatable bonds is 3. The van der Waals surface area contributed by atoms with Gasteiger partial charge in [0.1, 0.15) is 11.4 Å². The lowest BCUT2D eigenvalue weighted by atomic mass is 10.1. The summed E-state index contributed by atoms with van der Waals surface area (Å²) in [5.74, 6) is 0.919. The van der Waals surface area contributed by atoms with Gasteiger partial charge in [0, 0.05) is 25.3 Å². The van der Waals surface area contributed by atoms with Crippen molar-refractivity contribution >= 4 is 11.9 Å². The van der Waals surface area contributed by atoms with E-state index < -0.39 is 5.60 Å². The van der Waals surface area contributed by atoms with Crippen molar-refractivity contribution in [1.82, 2.24) is 10.3 Å². The summed E-state index contributed by atoms with van der Waals surface area (Å²) in [6.07, 6.45) is 3.51. The van der Waals surface area contributed by atoms with Crippen LogP contribution in [0.15, 0.2) is 18.3 Å². The van der Waals surface area contributed by atoms with Crippen molar-refractivity contribution < 1.29 is 9.53 Å². The number of piperidine rings is 1. The molecule has 0 spiro atoms. The van der Waals surface area contributed by atoms with Gasteiger partial charge < -0.3 is 15.0 Å². The molecule has 6 heteroatoms. The van der Waals surface area contributed by atoms with Crippen LogP contribution >= 0.6 is 0 Å². The van der Waals surface area contributed by atoms with Gasteiger partial charge in [-0.2, -0.15) is 5.26 Å². The van der Waals surface area contributed by atoms with E-state index in [1.807, 2.05) is 32.9 Å². The smallest absolute Gasteiger partial charge is 0.407 e. The maximum atomic E-state index is 11.8. The molecule has 1 amide bonds. The number of amides is 1. The molecule has 1 aromatic heterocycles. The molecule has 0 aliphatic carbocycles. The van der Waals surface area contributed by atoms with Gasteiger partial charge in [-0.15, -0.1) is 0 Å². The number of nitriles is 1. The average molecular weight is 316 g/mol. The van der Waals surface area contributed by atoms with Gasteiger partial charge in [0.15, 0.2) is 0 Å². The summed E-state index contributed by atoms with van der Waals surface area (Å²) in [6.45, 7) is 7.25. The van der Waals surface area contributed by atoms with Crippen LogP contribution in [0.1, 0.15) is 39.2 Å². The van der Waals surface area contributed by atoms with Crippen LogP contribution in [-0.4, -0.2) is 35.8 Å². The molecule has 2 rings (SSSR count). The quantitative estimate of drug-likeness (QED) is 0.927. The maximum Gasteiger partial charge on any atom is 0.407 e. The SMILES string of the molecule is CC(C)(C)OC(=O)NC1CCN(c2ccc(CC#N)cn2)CC1. The lowest BCUT2D eigenvalue weighted by Gasteiger charge is -2.33. The molecule has 0 radical (unpaired) electrons. The first-order valence-corrected chi connectivity index (χ1v) is 7.94. The number of carbonyl (C=O) groups is 1. The summed E-state index contributed by atoms with van der Waals surface area (Å²) in [6, 6.07) is 6.15. The second kappa shape index (κ2) is 7.32. The number of alkyl carbamates (subject to hydrolysis) is 1. The minimum absolute atomic E-state index is 0.138. The molecule has 0 aromatic carbocycles. The van der Waals surface area contributed by atoms with Gasteiger partial charge in [0.25, 0.3) is 0 Å². The van der Waals surface area contributed by atoms with Crippen LogP contribution in [0.5, 0.6) is 0 Å². The third kappa shape index (κ3) is 5.44. The zero-order chi connectivity index (χ0) is 16.9. The molecular weight excluding hydrogens is 292 g/mol. The van der Waals surface area contributed by atoms with E-state index in [-0.39, 0.29) is 12.1 Å². The zero-order valence-electron chi connectivity index (χ0n) is 14.0. The highest BCUT2D eigenvalue weighted by Gasteiger charge is 2.24. The number of carbonyl (C=O) groups excluding carboxylic acids is 1. The molecule has 1 aliphatic heterocycles. The second-order valence-electron chi connectivity index (χ2n) is 6.77. The third-order valence-electron chi connectivity index (χ3n) is 3.63. The van der Waals surface area contributed by atoms with Crippen molar-refractivity contribution in [1.29, 1.82) is 5.26 Å². The molecule has 2 heterocycles. The number of nitrogens with one attached hydrogen (secondary N) is 1. The van der Waals surface area contributed by atoms with E-state index in [0.29, 0.717) is 6.42 Å². The normalized spacial score (nSPS) is 15.8. The number of anilines is 1. The Labute approximate surface area is 137 Å². The van der Waals surface area contributed by atoms with Crippen molar-refractivity contribution in [3.8, 4) is 6.07 Å². The number of pyridine rings is 1. The monoisotopic (exact) mass is 316 g/mol. The van der Waals surface area contributed by atoms with Crippen molar-refractivity contribution in [3.05, 3.63) is 23.9 Å². The largest absolute Gasteiger partial charge is 0.444 e. The summed E-state index contributed by atoms with van der Waals surface area (Å²) in [7, 11) is 0. The van der Waals surface area contributed by atoms with Crippen LogP contribution in [0.3, 0.4) is 0 Å². The fourth-order valence-electron chi connectivity index (χ4n) is 2.53. The van der Waals surface area contributed by atoms with E-state index in [0.717, 1.165) is 37.3 Å². The Bertz CT molecular complexity index is 564. The first kappa shape index (κ1) is 17.1. The van der Waals surface area contributed by atoms with Crippen molar-refractivity contribution in [2.75, 3.05) is 18.0 Å². The average Bonchev–Trinajstić information content (AvgIpc) is 2.47. The lowest BCUT2D eigenvalue weighted by molar-refractivity contribution is 0.0497. The van der Waals surface area contributed by atoms with Gasteiger partial charge in [-0.25, -0.2) is 9.78 Å². The number of aromatic nitrogens is 1. The summed E-state index contributed by atoms with van der Waals surface area (Å²) in [5.41, 5.74) is 0.456. The Morgan fingerprint density at radius 3 is 2.65 bits per heavy atom. The molecule has 1 N–H and O–H groups in total. The summed E-state index contributed by atoms with van der Waals surface area (Å²) < 4.78 is 5.29. The van der Waals surface area contributed by atoms with E-state index in [1.54, 1.807) is 6.20 Å². The summed E-state index contributed by atoms with van der Waals surface area (Å²) in [4.78, 5) is 18.4. The molecule has 1 fully saturated rings. The van der Waals surface area contributed by atoms with E-state index >= 15 is 0 Å². The fourth-order valence-corrected chi connectivity index (χ4v) is 2.53. The van der Waals surface area contributed by atoms with Crippen LogP contribution < -0.4 is 10.2 Å². The Morgan fingerprint density at radius 2 is 2.13 bits per heavy atom. The Balaban J connectivity index is 1.81. The predicted octanol–water partition coefficient (Wildman–Crippen LogP) is 2.64. The molecule has 0 bridgehead atoms. The molecule has 23 heavy (non-hydrogen) atoms.